The van der Waals surface area contributed by atoms with E-state index in [1.165, 1.54) is 4.31 Å². The summed E-state index contributed by atoms with van der Waals surface area (Å²) in [6.45, 7) is 3.08. The summed E-state index contributed by atoms with van der Waals surface area (Å²) in [6.07, 6.45) is 2.52. The van der Waals surface area contributed by atoms with Gasteiger partial charge in [0.2, 0.25) is 0 Å². The van der Waals surface area contributed by atoms with Crippen molar-refractivity contribution in [2.75, 3.05) is 19.6 Å². The quantitative estimate of drug-likeness (QED) is 0.718. The Balaban J connectivity index is 2.07. The van der Waals surface area contributed by atoms with Gasteiger partial charge < -0.3 is 5.11 Å². The summed E-state index contributed by atoms with van der Waals surface area (Å²) >= 11 is 0. The van der Waals surface area contributed by atoms with Crippen LogP contribution in [0.3, 0.4) is 0 Å². The number of aliphatic hydroxyl groups excluding tert-OH is 1. The molecule has 0 saturated carbocycles. The zero-order chi connectivity index (χ0) is 11.1. The van der Waals surface area contributed by atoms with Gasteiger partial charge in [0.15, 0.2) is 0 Å². The lowest BCUT2D eigenvalue weighted by molar-refractivity contribution is 0.0483. The van der Waals surface area contributed by atoms with Crippen LogP contribution >= 0.6 is 0 Å². The molecule has 2 rings (SSSR count). The Morgan fingerprint density at radius 3 is 2.47 bits per heavy atom. The number of nitrogens with zero attached hydrogens (tertiary/aromatic N) is 2. The van der Waals surface area contributed by atoms with Crippen molar-refractivity contribution in [3.8, 4) is 0 Å². The molecule has 1 unspecified atom stereocenters. The summed E-state index contributed by atoms with van der Waals surface area (Å²) in [5, 5.41) is 9.12. The molecule has 0 aromatic rings. The minimum absolute atomic E-state index is 0.0986. The number of hydrogen-bond acceptors (Lipinski definition) is 3. The molecule has 5 nitrogen and oxygen atoms in total. The highest BCUT2D eigenvalue weighted by atomic mass is 32.2. The standard InChI is InChI=1S/C9H18N2O3S/c1-8-4-2-3-5-11(8)15(13,14)10-6-9(12)7-10/h8-9,12H,2-7H2,1H3. The molecule has 88 valence electrons. The first-order chi connectivity index (χ1) is 7.01. The SMILES string of the molecule is CC1CCCCN1S(=O)(=O)N1CC(O)C1. The number of hydrogen-bond donors (Lipinski definition) is 1. The maximum Gasteiger partial charge on any atom is 0.282 e. The van der Waals surface area contributed by atoms with E-state index in [2.05, 4.69) is 0 Å². The van der Waals surface area contributed by atoms with Crippen molar-refractivity contribution in [2.24, 2.45) is 0 Å². The number of aliphatic hydroxyl groups is 1. The van der Waals surface area contributed by atoms with Crippen molar-refractivity contribution >= 4 is 10.2 Å². The van der Waals surface area contributed by atoms with E-state index in [0.717, 1.165) is 19.3 Å². The first-order valence-electron chi connectivity index (χ1n) is 5.47. The second kappa shape index (κ2) is 4.01. The Morgan fingerprint density at radius 2 is 1.93 bits per heavy atom. The van der Waals surface area contributed by atoms with Crippen LogP contribution in [-0.2, 0) is 10.2 Å². The molecule has 0 amide bonds. The summed E-state index contributed by atoms with van der Waals surface area (Å²) in [5.41, 5.74) is 0. The maximum atomic E-state index is 12.1. The average molecular weight is 234 g/mol. The van der Waals surface area contributed by atoms with E-state index in [1.54, 1.807) is 4.31 Å². The van der Waals surface area contributed by atoms with Gasteiger partial charge in [-0.05, 0) is 19.8 Å². The Labute approximate surface area is 90.9 Å². The summed E-state index contributed by atoms with van der Waals surface area (Å²) in [5.74, 6) is 0. The van der Waals surface area contributed by atoms with Gasteiger partial charge in [-0.3, -0.25) is 0 Å². The van der Waals surface area contributed by atoms with Crippen molar-refractivity contribution in [1.82, 2.24) is 8.61 Å². The van der Waals surface area contributed by atoms with Crippen molar-refractivity contribution in [3.63, 3.8) is 0 Å². The summed E-state index contributed by atoms with van der Waals surface area (Å²) < 4.78 is 27.1. The van der Waals surface area contributed by atoms with Gasteiger partial charge in [0.25, 0.3) is 10.2 Å². The zero-order valence-electron chi connectivity index (χ0n) is 8.96. The second-order valence-corrected chi connectivity index (χ2v) is 6.32. The van der Waals surface area contributed by atoms with Gasteiger partial charge >= 0.3 is 0 Å². The molecule has 2 heterocycles. The maximum absolute atomic E-state index is 12.1. The lowest BCUT2D eigenvalue weighted by atomic mass is 10.1. The predicted octanol–water partition coefficient (Wildman–Crippen LogP) is -0.218. The van der Waals surface area contributed by atoms with E-state index in [9.17, 15) is 8.42 Å². The lowest BCUT2D eigenvalue weighted by Gasteiger charge is -2.41. The van der Waals surface area contributed by atoms with Crippen LogP contribution in [0.25, 0.3) is 0 Å². The van der Waals surface area contributed by atoms with E-state index < -0.39 is 16.3 Å². The fourth-order valence-corrected chi connectivity index (χ4v) is 4.11. The second-order valence-electron chi connectivity index (χ2n) is 4.43. The van der Waals surface area contributed by atoms with Gasteiger partial charge in [0.05, 0.1) is 6.10 Å². The van der Waals surface area contributed by atoms with Crippen LogP contribution in [0.15, 0.2) is 0 Å². The van der Waals surface area contributed by atoms with E-state index >= 15 is 0 Å². The van der Waals surface area contributed by atoms with Gasteiger partial charge in [0, 0.05) is 25.7 Å². The van der Waals surface area contributed by atoms with Gasteiger partial charge in [-0.1, -0.05) is 6.42 Å². The van der Waals surface area contributed by atoms with E-state index in [4.69, 9.17) is 5.11 Å². The average Bonchev–Trinajstić information content (AvgIpc) is 2.13. The fraction of sp³-hybridized carbons (Fsp3) is 1.00. The molecule has 0 bridgehead atoms. The molecule has 2 fully saturated rings. The van der Waals surface area contributed by atoms with Crippen LogP contribution < -0.4 is 0 Å². The molecular formula is C9H18N2O3S. The van der Waals surface area contributed by atoms with Crippen LogP contribution in [0.4, 0.5) is 0 Å². The van der Waals surface area contributed by atoms with Crippen molar-refractivity contribution in [1.29, 1.82) is 0 Å². The largest absolute Gasteiger partial charge is 0.390 e. The van der Waals surface area contributed by atoms with Crippen molar-refractivity contribution in [3.05, 3.63) is 0 Å². The minimum Gasteiger partial charge on any atom is -0.390 e. The highest BCUT2D eigenvalue weighted by molar-refractivity contribution is 7.86. The van der Waals surface area contributed by atoms with Crippen LogP contribution in [0.5, 0.6) is 0 Å². The van der Waals surface area contributed by atoms with E-state index in [1.807, 2.05) is 6.92 Å². The molecule has 15 heavy (non-hydrogen) atoms. The van der Waals surface area contributed by atoms with Crippen molar-refractivity contribution in [2.45, 2.75) is 38.3 Å². The molecule has 6 heteroatoms. The first kappa shape index (κ1) is 11.3. The van der Waals surface area contributed by atoms with Gasteiger partial charge in [0.1, 0.15) is 0 Å². The smallest absolute Gasteiger partial charge is 0.282 e. The van der Waals surface area contributed by atoms with Crippen LogP contribution in [0.2, 0.25) is 0 Å². The number of piperidine rings is 1. The fourth-order valence-electron chi connectivity index (χ4n) is 2.17. The number of β-amino-alcohol motifs (C(OH)–C–C–N with tert-alkyl or cyclic N) is 1. The Hall–Kier alpha value is -0.170. The normalized spacial score (nSPS) is 31.5. The third kappa shape index (κ3) is 2.04. The first-order valence-corrected chi connectivity index (χ1v) is 6.86. The third-order valence-corrected chi connectivity index (χ3v) is 5.28. The topological polar surface area (TPSA) is 60.9 Å². The zero-order valence-corrected chi connectivity index (χ0v) is 9.78. The van der Waals surface area contributed by atoms with Gasteiger partial charge in [-0.25, -0.2) is 0 Å². The molecule has 2 saturated heterocycles. The summed E-state index contributed by atoms with van der Waals surface area (Å²) in [7, 11) is -3.30. The van der Waals surface area contributed by atoms with E-state index in [0.29, 0.717) is 6.54 Å². The lowest BCUT2D eigenvalue weighted by Crippen LogP contribution is -2.59. The van der Waals surface area contributed by atoms with Gasteiger partial charge in [-0.2, -0.15) is 17.0 Å². The molecule has 2 aliphatic rings. The Bertz CT molecular complexity index is 324. The highest BCUT2D eigenvalue weighted by Gasteiger charge is 2.40. The molecule has 1 atom stereocenters. The molecule has 0 aromatic heterocycles. The van der Waals surface area contributed by atoms with E-state index in [-0.39, 0.29) is 19.1 Å². The monoisotopic (exact) mass is 234 g/mol. The minimum atomic E-state index is -3.30. The summed E-state index contributed by atoms with van der Waals surface area (Å²) in [4.78, 5) is 0. The highest BCUT2D eigenvalue weighted by Crippen LogP contribution is 2.24. The molecule has 0 aromatic carbocycles. The predicted molar refractivity (Wildman–Crippen MR) is 56.5 cm³/mol. The van der Waals surface area contributed by atoms with Crippen molar-refractivity contribution < 1.29 is 13.5 Å². The van der Waals surface area contributed by atoms with Crippen LogP contribution in [-0.4, -0.2) is 53.9 Å². The third-order valence-electron chi connectivity index (χ3n) is 3.19. The van der Waals surface area contributed by atoms with Crippen LogP contribution in [0.1, 0.15) is 26.2 Å². The molecule has 1 N–H and O–H groups in total. The molecule has 0 radical (unpaired) electrons. The molecule has 2 aliphatic heterocycles. The molecular weight excluding hydrogens is 216 g/mol. The Morgan fingerprint density at radius 1 is 1.27 bits per heavy atom. The molecule has 0 aliphatic carbocycles. The van der Waals surface area contributed by atoms with Gasteiger partial charge in [-0.15, -0.1) is 0 Å². The van der Waals surface area contributed by atoms with Crippen LogP contribution in [0, 0.1) is 0 Å². The number of rotatable bonds is 2. The summed E-state index contributed by atoms with van der Waals surface area (Å²) in [6, 6.07) is 0.0986. The molecule has 0 spiro atoms. The Kier molecular flexibility index (Phi) is 3.03.